The summed E-state index contributed by atoms with van der Waals surface area (Å²) in [5.74, 6) is -0.148. The highest BCUT2D eigenvalue weighted by Gasteiger charge is 2.38. The number of carbonyl (C=O) groups excluding carboxylic acids is 1. The van der Waals surface area contributed by atoms with Gasteiger partial charge in [-0.2, -0.15) is 0 Å². The van der Waals surface area contributed by atoms with E-state index in [1.165, 1.54) is 12.8 Å². The Kier molecular flexibility index (Phi) is 4.44. The maximum absolute atomic E-state index is 12.7. The van der Waals surface area contributed by atoms with Gasteiger partial charge in [0.2, 0.25) is 0 Å². The van der Waals surface area contributed by atoms with Crippen molar-refractivity contribution in [2.75, 3.05) is 13.1 Å². The average molecular weight is 355 g/mol. The molecule has 2 aromatic rings. The number of para-hydroxylation sites is 1. The van der Waals surface area contributed by atoms with Crippen LogP contribution in [0, 0.1) is 5.92 Å². The lowest BCUT2D eigenvalue weighted by atomic mass is 9.85. The van der Waals surface area contributed by atoms with Gasteiger partial charge in [0.1, 0.15) is 0 Å². The Morgan fingerprint density at radius 3 is 2.69 bits per heavy atom. The van der Waals surface area contributed by atoms with Crippen molar-refractivity contribution < 1.29 is 14.7 Å². The van der Waals surface area contributed by atoms with Crippen LogP contribution in [0.3, 0.4) is 0 Å². The number of aliphatic carboxylic acids is 1. The maximum Gasteiger partial charge on any atom is 0.317 e. The normalized spacial score (nSPS) is 22.4. The number of rotatable bonds is 7. The predicted molar refractivity (Wildman–Crippen MR) is 99.1 cm³/mol. The van der Waals surface area contributed by atoms with Crippen molar-refractivity contribution >= 4 is 22.8 Å². The number of aromatic nitrogens is 1. The molecule has 1 aromatic heterocycles. The molecule has 1 aromatic carbocycles. The number of nitrogens with one attached hydrogen (secondary N) is 1. The molecule has 6 nitrogen and oxygen atoms in total. The molecular weight excluding hydrogens is 330 g/mol. The fourth-order valence-electron chi connectivity index (χ4n) is 3.94. The van der Waals surface area contributed by atoms with Crippen molar-refractivity contribution in [3.05, 3.63) is 36.0 Å². The summed E-state index contributed by atoms with van der Waals surface area (Å²) in [6, 6.07) is 8.29. The molecule has 2 N–H and O–H groups in total. The summed E-state index contributed by atoms with van der Waals surface area (Å²) in [7, 11) is 1.94. The van der Waals surface area contributed by atoms with Crippen LogP contribution in [-0.2, 0) is 11.8 Å². The van der Waals surface area contributed by atoms with Crippen LogP contribution in [-0.4, -0.2) is 51.6 Å². The minimum absolute atomic E-state index is 0.0442. The molecule has 0 unspecified atom stereocenters. The van der Waals surface area contributed by atoms with E-state index in [0.29, 0.717) is 11.5 Å². The predicted octanol–water partition coefficient (Wildman–Crippen LogP) is 2.24. The van der Waals surface area contributed by atoms with E-state index in [2.05, 4.69) is 10.2 Å². The van der Waals surface area contributed by atoms with E-state index in [9.17, 15) is 9.59 Å². The molecule has 1 heterocycles. The first-order valence-electron chi connectivity index (χ1n) is 9.32. The number of benzene rings is 1. The molecule has 0 atom stereocenters. The average Bonchev–Trinajstić information content (AvgIpc) is 3.32. The van der Waals surface area contributed by atoms with Gasteiger partial charge in [-0.15, -0.1) is 0 Å². The molecule has 0 bridgehead atoms. The molecule has 0 spiro atoms. The van der Waals surface area contributed by atoms with Gasteiger partial charge in [-0.25, -0.2) is 0 Å². The third-order valence-corrected chi connectivity index (χ3v) is 5.63. The van der Waals surface area contributed by atoms with Crippen molar-refractivity contribution in [1.29, 1.82) is 0 Å². The zero-order valence-electron chi connectivity index (χ0n) is 15.0. The first kappa shape index (κ1) is 17.1. The molecule has 2 aliphatic carbocycles. The summed E-state index contributed by atoms with van der Waals surface area (Å²) in [6.45, 7) is 0.978. The van der Waals surface area contributed by atoms with Gasteiger partial charge in [0, 0.05) is 42.8 Å². The Hall–Kier alpha value is -2.34. The number of hydrogen-bond acceptors (Lipinski definition) is 3. The quantitative estimate of drug-likeness (QED) is 0.799. The molecule has 1 amide bonds. The van der Waals surface area contributed by atoms with Crippen LogP contribution in [0.4, 0.5) is 0 Å². The van der Waals surface area contributed by atoms with E-state index in [4.69, 9.17) is 5.11 Å². The molecule has 0 saturated heterocycles. The highest BCUT2D eigenvalue weighted by molar-refractivity contribution is 6.07. The zero-order valence-corrected chi connectivity index (χ0v) is 15.0. The monoisotopic (exact) mass is 355 g/mol. The van der Waals surface area contributed by atoms with Gasteiger partial charge in [-0.05, 0) is 37.7 Å². The lowest BCUT2D eigenvalue weighted by molar-refractivity contribution is -0.139. The highest BCUT2D eigenvalue weighted by atomic mass is 16.4. The second-order valence-electron chi connectivity index (χ2n) is 7.73. The van der Waals surface area contributed by atoms with Crippen LogP contribution in [0.15, 0.2) is 30.5 Å². The number of hydrogen-bond donors (Lipinski definition) is 2. The highest BCUT2D eigenvalue weighted by Crippen LogP contribution is 2.34. The first-order chi connectivity index (χ1) is 12.5. The summed E-state index contributed by atoms with van der Waals surface area (Å²) in [4.78, 5) is 25.9. The summed E-state index contributed by atoms with van der Waals surface area (Å²) in [5.41, 5.74) is 1.74. The van der Waals surface area contributed by atoms with E-state index >= 15 is 0 Å². The molecule has 26 heavy (non-hydrogen) atoms. The molecular formula is C20H25N3O3. The number of fused-ring (bicyclic) bond motifs is 1. The van der Waals surface area contributed by atoms with E-state index < -0.39 is 5.97 Å². The minimum Gasteiger partial charge on any atom is -0.480 e. The van der Waals surface area contributed by atoms with E-state index in [-0.39, 0.29) is 24.5 Å². The molecule has 138 valence electrons. The summed E-state index contributed by atoms with van der Waals surface area (Å²) >= 11 is 0. The van der Waals surface area contributed by atoms with Crippen molar-refractivity contribution in [3.8, 4) is 0 Å². The number of carboxylic acids is 1. The second kappa shape index (κ2) is 6.76. The molecule has 6 heteroatoms. The topological polar surface area (TPSA) is 74.6 Å². The minimum atomic E-state index is -0.770. The Morgan fingerprint density at radius 2 is 2.00 bits per heavy atom. The molecule has 0 aliphatic heterocycles. The van der Waals surface area contributed by atoms with Gasteiger partial charge >= 0.3 is 5.97 Å². The number of carboxylic acid groups (broad SMARTS) is 1. The van der Waals surface area contributed by atoms with Gasteiger partial charge in [-0.3, -0.25) is 14.5 Å². The standard InChI is InChI=1S/C20H25N3O3/c1-22-11-17(16-4-2-3-5-18(16)22)20(26)21-14-8-15(9-14)23(12-19(24)25)10-13-6-7-13/h2-5,11,13-15H,6-10,12H2,1H3,(H,21,26)(H,24,25). The smallest absolute Gasteiger partial charge is 0.317 e. The molecule has 2 saturated carbocycles. The third-order valence-electron chi connectivity index (χ3n) is 5.63. The van der Waals surface area contributed by atoms with Crippen LogP contribution in [0.1, 0.15) is 36.0 Å². The number of carbonyl (C=O) groups is 2. The lowest BCUT2D eigenvalue weighted by Crippen LogP contribution is -2.55. The zero-order chi connectivity index (χ0) is 18.3. The van der Waals surface area contributed by atoms with Crippen LogP contribution in [0.2, 0.25) is 0 Å². The Morgan fingerprint density at radius 1 is 1.27 bits per heavy atom. The summed E-state index contributed by atoms with van der Waals surface area (Å²) in [5, 5.41) is 13.2. The van der Waals surface area contributed by atoms with E-state index in [1.54, 1.807) is 0 Å². The molecule has 2 fully saturated rings. The van der Waals surface area contributed by atoms with Gasteiger partial charge in [0.15, 0.2) is 0 Å². The second-order valence-corrected chi connectivity index (χ2v) is 7.73. The van der Waals surface area contributed by atoms with Gasteiger partial charge < -0.3 is 15.0 Å². The first-order valence-corrected chi connectivity index (χ1v) is 9.32. The van der Waals surface area contributed by atoms with E-state index in [1.807, 2.05) is 42.1 Å². The SMILES string of the molecule is Cn1cc(C(=O)NC2CC(N(CC(=O)O)CC3CC3)C2)c2ccccc21. The largest absolute Gasteiger partial charge is 0.480 e. The molecule has 0 radical (unpaired) electrons. The van der Waals surface area contributed by atoms with Gasteiger partial charge in [-0.1, -0.05) is 18.2 Å². The molecule has 2 aliphatic rings. The fourth-order valence-corrected chi connectivity index (χ4v) is 3.94. The molecule has 4 rings (SSSR count). The summed E-state index contributed by atoms with van der Waals surface area (Å²) < 4.78 is 1.97. The number of aryl methyl sites for hydroxylation is 1. The fraction of sp³-hybridized carbons (Fsp3) is 0.500. The van der Waals surface area contributed by atoms with Crippen molar-refractivity contribution in [3.63, 3.8) is 0 Å². The van der Waals surface area contributed by atoms with E-state index in [0.717, 1.165) is 30.3 Å². The van der Waals surface area contributed by atoms with Crippen LogP contribution in [0.25, 0.3) is 10.9 Å². The van der Waals surface area contributed by atoms with Crippen molar-refractivity contribution in [1.82, 2.24) is 14.8 Å². The Labute approximate surface area is 152 Å². The van der Waals surface area contributed by atoms with Crippen LogP contribution in [0.5, 0.6) is 0 Å². The Bertz CT molecular complexity index is 834. The maximum atomic E-state index is 12.7. The number of amides is 1. The lowest BCUT2D eigenvalue weighted by Gasteiger charge is -2.42. The van der Waals surface area contributed by atoms with Crippen molar-refractivity contribution in [2.24, 2.45) is 13.0 Å². The van der Waals surface area contributed by atoms with Gasteiger partial charge in [0.25, 0.3) is 5.91 Å². The third kappa shape index (κ3) is 3.46. The van der Waals surface area contributed by atoms with Crippen LogP contribution >= 0.6 is 0 Å². The Balaban J connectivity index is 1.36. The van der Waals surface area contributed by atoms with Crippen molar-refractivity contribution in [2.45, 2.75) is 37.8 Å². The summed E-state index contributed by atoms with van der Waals surface area (Å²) in [6.07, 6.45) is 5.96. The number of nitrogens with zero attached hydrogens (tertiary/aromatic N) is 2. The van der Waals surface area contributed by atoms with Gasteiger partial charge in [0.05, 0.1) is 12.1 Å². The van der Waals surface area contributed by atoms with Crippen LogP contribution < -0.4 is 5.32 Å².